The van der Waals surface area contributed by atoms with Gasteiger partial charge in [-0.2, -0.15) is 0 Å². The molecule has 1 unspecified atom stereocenters. The van der Waals surface area contributed by atoms with Crippen LogP contribution in [-0.4, -0.2) is 40.6 Å². The van der Waals surface area contributed by atoms with Crippen LogP contribution in [0.15, 0.2) is 10.8 Å². The van der Waals surface area contributed by atoms with Gasteiger partial charge >= 0.3 is 0 Å². The van der Waals surface area contributed by atoms with Crippen LogP contribution in [0.1, 0.15) is 32.6 Å². The van der Waals surface area contributed by atoms with E-state index < -0.39 is 0 Å². The minimum atomic E-state index is -0.164. The molecule has 0 saturated carbocycles. The molecule has 1 N–H and O–H groups in total. The van der Waals surface area contributed by atoms with Crippen molar-refractivity contribution in [3.05, 3.63) is 12.3 Å². The fraction of sp³-hybridized carbons (Fsp3) is 0.750. The highest BCUT2D eigenvalue weighted by Gasteiger charge is 2.39. The zero-order valence-corrected chi connectivity index (χ0v) is 11.1. The Morgan fingerprint density at radius 3 is 3.00 bits per heavy atom. The molecule has 100 valence electrons. The van der Waals surface area contributed by atoms with Crippen molar-refractivity contribution in [3.63, 3.8) is 0 Å². The third-order valence-corrected chi connectivity index (χ3v) is 3.61. The lowest BCUT2D eigenvalue weighted by Crippen LogP contribution is -2.50. The standard InChI is InChI=1S/C12H20N4O2/c1-12(2)5-4-6-16(11(17)10(12)13-3)7-9-15-14-8-18-9/h8,10,13H,4-7H2,1-3H3. The van der Waals surface area contributed by atoms with Crippen molar-refractivity contribution in [3.8, 4) is 0 Å². The highest BCUT2D eigenvalue weighted by molar-refractivity contribution is 5.83. The first kappa shape index (κ1) is 13.0. The van der Waals surface area contributed by atoms with E-state index in [9.17, 15) is 4.79 Å². The molecule has 18 heavy (non-hydrogen) atoms. The molecule has 2 heterocycles. The molecule has 1 aliphatic rings. The average molecular weight is 252 g/mol. The summed E-state index contributed by atoms with van der Waals surface area (Å²) < 4.78 is 5.11. The largest absolute Gasteiger partial charge is 0.426 e. The van der Waals surface area contributed by atoms with Gasteiger partial charge < -0.3 is 14.6 Å². The summed E-state index contributed by atoms with van der Waals surface area (Å²) in [5, 5.41) is 10.6. The van der Waals surface area contributed by atoms with Crippen LogP contribution in [0.2, 0.25) is 0 Å². The zero-order valence-electron chi connectivity index (χ0n) is 11.1. The van der Waals surface area contributed by atoms with E-state index in [0.717, 1.165) is 19.4 Å². The molecule has 2 rings (SSSR count). The molecule has 1 atom stereocenters. The highest BCUT2D eigenvalue weighted by atomic mass is 16.4. The quantitative estimate of drug-likeness (QED) is 0.861. The van der Waals surface area contributed by atoms with Gasteiger partial charge in [-0.05, 0) is 25.3 Å². The second-order valence-electron chi connectivity index (χ2n) is 5.41. The van der Waals surface area contributed by atoms with Gasteiger partial charge in [0.1, 0.15) is 0 Å². The maximum Gasteiger partial charge on any atom is 0.240 e. The molecule has 0 bridgehead atoms. The SMILES string of the molecule is CNC1C(=O)N(Cc2nnco2)CCCC1(C)C. The maximum atomic E-state index is 12.5. The topological polar surface area (TPSA) is 71.3 Å². The number of amides is 1. The minimum absolute atomic E-state index is 0.0323. The molecule has 1 saturated heterocycles. The predicted molar refractivity (Wildman–Crippen MR) is 65.6 cm³/mol. The van der Waals surface area contributed by atoms with Gasteiger partial charge in [0.25, 0.3) is 0 Å². The van der Waals surface area contributed by atoms with E-state index in [1.54, 1.807) is 4.90 Å². The van der Waals surface area contributed by atoms with Crippen LogP contribution < -0.4 is 5.32 Å². The van der Waals surface area contributed by atoms with Crippen LogP contribution in [0.4, 0.5) is 0 Å². The lowest BCUT2D eigenvalue weighted by atomic mass is 9.80. The van der Waals surface area contributed by atoms with Crippen molar-refractivity contribution in [2.75, 3.05) is 13.6 Å². The monoisotopic (exact) mass is 252 g/mol. The minimum Gasteiger partial charge on any atom is -0.426 e. The molecule has 1 aromatic rings. The van der Waals surface area contributed by atoms with Gasteiger partial charge in [-0.25, -0.2) is 0 Å². The summed E-state index contributed by atoms with van der Waals surface area (Å²) in [5.41, 5.74) is -0.0323. The van der Waals surface area contributed by atoms with Crippen LogP contribution in [-0.2, 0) is 11.3 Å². The van der Waals surface area contributed by atoms with Crippen molar-refractivity contribution in [2.45, 2.75) is 39.3 Å². The Morgan fingerprint density at radius 1 is 1.61 bits per heavy atom. The van der Waals surface area contributed by atoms with Gasteiger partial charge in [0.05, 0.1) is 12.6 Å². The number of hydrogen-bond acceptors (Lipinski definition) is 5. The lowest BCUT2D eigenvalue weighted by molar-refractivity contribution is -0.135. The van der Waals surface area contributed by atoms with E-state index in [4.69, 9.17) is 4.42 Å². The first-order chi connectivity index (χ1) is 8.54. The van der Waals surface area contributed by atoms with E-state index in [0.29, 0.717) is 12.4 Å². The van der Waals surface area contributed by atoms with Crippen LogP contribution in [0.3, 0.4) is 0 Å². The molecule has 0 radical (unpaired) electrons. The summed E-state index contributed by atoms with van der Waals surface area (Å²) in [6.45, 7) is 5.39. The molecule has 1 aliphatic heterocycles. The number of likely N-dealkylation sites (tertiary alicyclic amines) is 1. The van der Waals surface area contributed by atoms with Crippen molar-refractivity contribution in [2.24, 2.45) is 5.41 Å². The Hall–Kier alpha value is -1.43. The van der Waals surface area contributed by atoms with Crippen LogP contribution in [0.5, 0.6) is 0 Å². The molecule has 6 heteroatoms. The summed E-state index contributed by atoms with van der Waals surface area (Å²) in [6, 6.07) is -0.164. The maximum absolute atomic E-state index is 12.5. The number of hydrogen-bond donors (Lipinski definition) is 1. The number of nitrogens with zero attached hydrogens (tertiary/aromatic N) is 3. The average Bonchev–Trinajstić information content (AvgIpc) is 2.77. The first-order valence-corrected chi connectivity index (χ1v) is 6.25. The Kier molecular flexibility index (Phi) is 3.65. The van der Waals surface area contributed by atoms with Gasteiger partial charge in [0.15, 0.2) is 0 Å². The van der Waals surface area contributed by atoms with Gasteiger partial charge in [0, 0.05) is 6.54 Å². The van der Waals surface area contributed by atoms with Crippen LogP contribution in [0, 0.1) is 5.41 Å². The van der Waals surface area contributed by atoms with E-state index in [1.165, 1.54) is 6.39 Å². The number of nitrogens with one attached hydrogen (secondary N) is 1. The lowest BCUT2D eigenvalue weighted by Gasteiger charge is -2.32. The summed E-state index contributed by atoms with van der Waals surface area (Å²) >= 11 is 0. The Morgan fingerprint density at radius 2 is 2.39 bits per heavy atom. The summed E-state index contributed by atoms with van der Waals surface area (Å²) in [6.07, 6.45) is 3.30. The first-order valence-electron chi connectivity index (χ1n) is 6.25. The van der Waals surface area contributed by atoms with E-state index in [-0.39, 0.29) is 17.4 Å². The normalized spacial score (nSPS) is 24.1. The summed E-state index contributed by atoms with van der Waals surface area (Å²) in [7, 11) is 1.83. The van der Waals surface area contributed by atoms with E-state index in [2.05, 4.69) is 29.4 Å². The molecule has 1 fully saturated rings. The Balaban J connectivity index is 2.14. The molecule has 1 aromatic heterocycles. The van der Waals surface area contributed by atoms with Crippen molar-refractivity contribution in [1.82, 2.24) is 20.4 Å². The van der Waals surface area contributed by atoms with Gasteiger partial charge in [-0.15, -0.1) is 10.2 Å². The number of carbonyl (C=O) groups excluding carboxylic acids is 1. The number of carbonyl (C=O) groups is 1. The fourth-order valence-electron chi connectivity index (χ4n) is 2.60. The predicted octanol–water partition coefficient (Wildman–Crippen LogP) is 0.806. The molecule has 1 amide bonds. The molecular formula is C12H20N4O2. The summed E-state index contributed by atoms with van der Waals surface area (Å²) in [4.78, 5) is 14.3. The van der Waals surface area contributed by atoms with Crippen molar-refractivity contribution < 1.29 is 9.21 Å². The Labute approximate surface area is 107 Å². The number of rotatable bonds is 3. The third kappa shape index (κ3) is 2.53. The zero-order chi connectivity index (χ0) is 13.2. The molecule has 0 spiro atoms. The van der Waals surface area contributed by atoms with Crippen molar-refractivity contribution in [1.29, 1.82) is 0 Å². The van der Waals surface area contributed by atoms with Gasteiger partial charge in [0.2, 0.25) is 18.2 Å². The van der Waals surface area contributed by atoms with E-state index in [1.807, 2.05) is 7.05 Å². The molecular weight excluding hydrogens is 232 g/mol. The third-order valence-electron chi connectivity index (χ3n) is 3.61. The molecule has 0 aromatic carbocycles. The van der Waals surface area contributed by atoms with Crippen LogP contribution >= 0.6 is 0 Å². The fourth-order valence-corrected chi connectivity index (χ4v) is 2.60. The highest BCUT2D eigenvalue weighted by Crippen LogP contribution is 2.31. The number of aromatic nitrogens is 2. The summed E-state index contributed by atoms with van der Waals surface area (Å²) in [5.74, 6) is 0.594. The van der Waals surface area contributed by atoms with Gasteiger partial charge in [-0.1, -0.05) is 13.8 Å². The second kappa shape index (κ2) is 5.06. The molecule has 6 nitrogen and oxygen atoms in total. The van der Waals surface area contributed by atoms with Crippen molar-refractivity contribution >= 4 is 5.91 Å². The van der Waals surface area contributed by atoms with Crippen LogP contribution in [0.25, 0.3) is 0 Å². The smallest absolute Gasteiger partial charge is 0.240 e. The Bertz CT molecular complexity index is 402. The van der Waals surface area contributed by atoms with Gasteiger partial charge in [-0.3, -0.25) is 4.79 Å². The van der Waals surface area contributed by atoms with E-state index >= 15 is 0 Å². The second-order valence-corrected chi connectivity index (χ2v) is 5.41. The number of likely N-dealkylation sites (N-methyl/N-ethyl adjacent to an activating group) is 1. The molecule has 0 aliphatic carbocycles.